The zero-order chi connectivity index (χ0) is 47.7. The Bertz CT molecular complexity index is 2080. The van der Waals surface area contributed by atoms with E-state index >= 15 is 0 Å². The molecule has 1 unspecified atom stereocenters. The molecule has 3 rings (SSSR count). The third kappa shape index (κ3) is 19.8. The molecule has 0 fully saturated rings. The summed E-state index contributed by atoms with van der Waals surface area (Å²) in [5.74, 6) is -4.41. The minimum absolute atomic E-state index is 0.00608. The van der Waals surface area contributed by atoms with Crippen LogP contribution >= 0.6 is 0 Å². The second-order valence-electron chi connectivity index (χ2n) is 15.6. The van der Waals surface area contributed by atoms with E-state index in [1.807, 2.05) is 54.6 Å². The molecule has 0 radical (unpaired) electrons. The van der Waals surface area contributed by atoms with Crippen LogP contribution in [0.25, 0.3) is 10.9 Å². The zero-order valence-corrected chi connectivity index (χ0v) is 36.7. The number of primary amides is 1. The van der Waals surface area contributed by atoms with E-state index in [0.29, 0.717) is 37.8 Å². The number of aromatic amines is 1. The number of carbonyl (C=O) groups excluding carboxylic acids is 7. The van der Waals surface area contributed by atoms with Crippen LogP contribution in [0.5, 0.6) is 0 Å². The molecule has 0 aliphatic carbocycles. The largest absolute Gasteiger partial charge is 0.370 e. The molecule has 65 heavy (non-hydrogen) atoms. The molecule has 3 aromatic rings. The number of nitrogens with two attached hydrogens (primary N) is 4. The van der Waals surface area contributed by atoms with E-state index in [-0.39, 0.29) is 76.0 Å². The Labute approximate surface area is 377 Å². The Balaban J connectivity index is 1.61. The number of fused-ring (bicyclic) bond motifs is 1. The normalized spacial score (nSPS) is 13.1. The molecular weight excluding hydrogens is 839 g/mol. The van der Waals surface area contributed by atoms with Crippen LogP contribution in [0.1, 0.15) is 69.4 Å². The van der Waals surface area contributed by atoms with Crippen molar-refractivity contribution in [2.45, 2.75) is 101 Å². The summed E-state index contributed by atoms with van der Waals surface area (Å²) >= 11 is 0. The summed E-state index contributed by atoms with van der Waals surface area (Å²) in [4.78, 5) is 93.9. The van der Waals surface area contributed by atoms with Gasteiger partial charge < -0.3 is 70.5 Å². The number of nitrogens with one attached hydrogen (secondary N) is 11. The molecule has 22 nitrogen and oxygen atoms in total. The van der Waals surface area contributed by atoms with E-state index in [4.69, 9.17) is 33.8 Å². The number of para-hydroxylation sites is 1. The molecule has 0 spiro atoms. The van der Waals surface area contributed by atoms with Crippen molar-refractivity contribution in [3.8, 4) is 0 Å². The van der Waals surface area contributed by atoms with E-state index in [2.05, 4.69) is 47.5 Å². The van der Waals surface area contributed by atoms with Crippen LogP contribution in [-0.4, -0.2) is 115 Å². The number of amides is 7. The number of unbranched alkanes of at least 4 members (excludes halogenated alkanes) is 1. The Kier molecular flexibility index (Phi) is 22.2. The van der Waals surface area contributed by atoms with E-state index in [0.717, 1.165) is 16.5 Å². The van der Waals surface area contributed by atoms with Crippen LogP contribution < -0.4 is 65.5 Å². The van der Waals surface area contributed by atoms with Crippen LogP contribution in [0.4, 0.5) is 0 Å². The maximum Gasteiger partial charge on any atom is 0.243 e. The summed E-state index contributed by atoms with van der Waals surface area (Å²) < 4.78 is 0. The molecule has 354 valence electrons. The summed E-state index contributed by atoms with van der Waals surface area (Å²) in [6.45, 7) is 2.12. The van der Waals surface area contributed by atoms with Gasteiger partial charge in [-0.1, -0.05) is 48.5 Å². The van der Waals surface area contributed by atoms with Gasteiger partial charge in [-0.05, 0) is 68.6 Å². The summed E-state index contributed by atoms with van der Waals surface area (Å²) in [6.07, 6.45) is 3.98. The third-order valence-electron chi connectivity index (χ3n) is 10.2. The van der Waals surface area contributed by atoms with Gasteiger partial charge in [0.1, 0.15) is 24.2 Å². The number of guanidine groups is 2. The highest BCUT2D eigenvalue weighted by Gasteiger charge is 2.31. The highest BCUT2D eigenvalue weighted by atomic mass is 16.2. The smallest absolute Gasteiger partial charge is 0.243 e. The molecule has 0 aliphatic heterocycles. The molecule has 1 aromatic heterocycles. The lowest BCUT2D eigenvalue weighted by Crippen LogP contribution is -2.58. The number of benzene rings is 2. The Hall–Kier alpha value is -7.23. The quantitative estimate of drug-likeness (QED) is 0.0205. The van der Waals surface area contributed by atoms with Crippen LogP contribution in [0, 0.1) is 10.8 Å². The van der Waals surface area contributed by atoms with Gasteiger partial charge in [0.2, 0.25) is 41.4 Å². The first kappa shape index (κ1) is 52.1. The molecule has 0 saturated heterocycles. The van der Waals surface area contributed by atoms with Gasteiger partial charge in [0.15, 0.2) is 11.9 Å². The molecule has 2 aromatic carbocycles. The fourth-order valence-corrected chi connectivity index (χ4v) is 6.85. The topological polar surface area (TPSA) is 383 Å². The maximum absolute atomic E-state index is 14.0. The molecule has 19 N–H and O–H groups in total. The van der Waals surface area contributed by atoms with Crippen molar-refractivity contribution < 1.29 is 33.6 Å². The van der Waals surface area contributed by atoms with E-state index in [9.17, 15) is 33.6 Å². The average molecular weight is 904 g/mol. The van der Waals surface area contributed by atoms with Gasteiger partial charge in [-0.2, -0.15) is 0 Å². The summed E-state index contributed by atoms with van der Waals surface area (Å²) in [7, 11) is 0. The number of hydrogen-bond acceptors (Lipinski definition) is 10. The summed E-state index contributed by atoms with van der Waals surface area (Å²) in [5.41, 5.74) is 25.0. The number of aromatic nitrogens is 1. The van der Waals surface area contributed by atoms with Gasteiger partial charge in [-0.15, -0.1) is 0 Å². The number of carbonyl (C=O) groups is 7. The minimum atomic E-state index is -1.23. The first-order valence-corrected chi connectivity index (χ1v) is 21.6. The number of H-pyrrole nitrogens is 1. The fourth-order valence-electron chi connectivity index (χ4n) is 6.85. The van der Waals surface area contributed by atoms with Crippen molar-refractivity contribution in [1.29, 1.82) is 10.8 Å². The zero-order valence-electron chi connectivity index (χ0n) is 36.7. The SMILES string of the molecule is CC(=O)N[C@@H](CCCNC(=N)N)C(=O)NCCC(=O)NCCCCC(NC(=O)[C@H](Cc1c[nH]c2ccccc12)NC(=O)[C@H](CCCNC(=N)N)NC(=O)[C@H](N)Cc1ccccc1)C(N)=O. The lowest BCUT2D eigenvalue weighted by molar-refractivity contribution is -0.133. The molecule has 22 heteroatoms. The van der Waals surface area contributed by atoms with Crippen LogP contribution in [-0.2, 0) is 46.4 Å². The van der Waals surface area contributed by atoms with Crippen LogP contribution in [0.2, 0.25) is 0 Å². The number of rotatable bonds is 29. The van der Waals surface area contributed by atoms with Crippen LogP contribution in [0.15, 0.2) is 60.8 Å². The molecular formula is C43H65N15O7. The van der Waals surface area contributed by atoms with E-state index < -0.39 is 65.7 Å². The molecule has 0 bridgehead atoms. The van der Waals surface area contributed by atoms with Crippen molar-refractivity contribution in [3.05, 3.63) is 71.9 Å². The fraction of sp³-hybridized carbons (Fsp3) is 0.465. The Morgan fingerprint density at radius 3 is 1.77 bits per heavy atom. The van der Waals surface area contributed by atoms with Crippen molar-refractivity contribution in [2.75, 3.05) is 26.2 Å². The standard InChI is InChI=1S/C43H65N15O7/c1-26(59)55-33(16-9-20-52-42(46)47)39(63)51-22-18-36(60)50-19-8-7-15-32(37(45)61)56-41(65)35(24-28-25-54-31-14-6-5-13-29(28)31)58-40(64)34(17-10-21-53-43(48)49)57-38(62)30(44)23-27-11-3-2-4-12-27/h2-6,11-14,25,30,32-35,54H,7-10,15-24,44H2,1H3,(H2,45,61)(H,50,60)(H,51,63)(H,55,59)(H,56,65)(H,57,62)(H,58,64)(H4,46,47,52)(H4,48,49,53)/t30-,32?,33+,34+,35+/m1/s1. The maximum atomic E-state index is 14.0. The van der Waals surface area contributed by atoms with Gasteiger partial charge in [0.05, 0.1) is 6.04 Å². The van der Waals surface area contributed by atoms with Gasteiger partial charge in [0.25, 0.3) is 0 Å². The molecule has 0 aliphatic rings. The van der Waals surface area contributed by atoms with Crippen molar-refractivity contribution in [3.63, 3.8) is 0 Å². The highest BCUT2D eigenvalue weighted by Crippen LogP contribution is 2.20. The van der Waals surface area contributed by atoms with E-state index in [1.54, 1.807) is 6.20 Å². The number of hydrogen-bond donors (Lipinski definition) is 15. The monoisotopic (exact) mass is 904 g/mol. The molecule has 0 saturated carbocycles. The Morgan fingerprint density at radius 1 is 0.585 bits per heavy atom. The highest BCUT2D eigenvalue weighted by molar-refractivity contribution is 5.95. The summed E-state index contributed by atoms with van der Waals surface area (Å²) in [6, 6.07) is 11.3. The van der Waals surface area contributed by atoms with Crippen molar-refractivity contribution in [2.24, 2.45) is 22.9 Å². The lowest BCUT2D eigenvalue weighted by atomic mass is 10.0. The first-order valence-electron chi connectivity index (χ1n) is 21.6. The second-order valence-corrected chi connectivity index (χ2v) is 15.6. The van der Waals surface area contributed by atoms with Crippen molar-refractivity contribution in [1.82, 2.24) is 47.5 Å². The molecule has 1 heterocycles. The summed E-state index contributed by atoms with van der Waals surface area (Å²) in [5, 5.41) is 37.0. The molecule has 5 atom stereocenters. The van der Waals surface area contributed by atoms with Gasteiger partial charge >= 0.3 is 0 Å². The first-order chi connectivity index (χ1) is 31.0. The van der Waals surface area contributed by atoms with Gasteiger partial charge in [-0.25, -0.2) is 0 Å². The minimum Gasteiger partial charge on any atom is -0.370 e. The van der Waals surface area contributed by atoms with Gasteiger partial charge in [-0.3, -0.25) is 44.4 Å². The van der Waals surface area contributed by atoms with Gasteiger partial charge in [0, 0.05) is 63.0 Å². The second kappa shape index (κ2) is 27.7. The van der Waals surface area contributed by atoms with Crippen molar-refractivity contribution >= 4 is 64.2 Å². The van der Waals surface area contributed by atoms with E-state index in [1.165, 1.54) is 6.92 Å². The predicted octanol–water partition coefficient (Wildman–Crippen LogP) is -1.96. The third-order valence-corrected chi connectivity index (χ3v) is 10.2. The van der Waals surface area contributed by atoms with Crippen LogP contribution in [0.3, 0.4) is 0 Å². The molecule has 7 amide bonds. The lowest BCUT2D eigenvalue weighted by Gasteiger charge is -2.25. The Morgan fingerprint density at radius 2 is 1.14 bits per heavy atom. The predicted molar refractivity (Wildman–Crippen MR) is 246 cm³/mol. The average Bonchev–Trinajstić information content (AvgIpc) is 3.67.